The summed E-state index contributed by atoms with van der Waals surface area (Å²) in [4.78, 5) is 0. The Bertz CT molecular complexity index is 3820. The van der Waals surface area contributed by atoms with Gasteiger partial charge in [0.1, 0.15) is 0 Å². The maximum atomic E-state index is 4.01. The Balaban J connectivity index is 1.12. The highest BCUT2D eigenvalue weighted by atomic mass is 32.1. The van der Waals surface area contributed by atoms with Crippen molar-refractivity contribution in [3.63, 3.8) is 0 Å². The van der Waals surface area contributed by atoms with Gasteiger partial charge in [0.05, 0.1) is 5.52 Å². The van der Waals surface area contributed by atoms with E-state index in [0.29, 0.717) is 0 Å². The van der Waals surface area contributed by atoms with Crippen molar-refractivity contribution in [1.82, 2.24) is 4.57 Å². The number of anilines is 2. The van der Waals surface area contributed by atoms with Gasteiger partial charge in [0, 0.05) is 79.3 Å². The number of aromatic nitrogens is 1. The van der Waals surface area contributed by atoms with E-state index < -0.39 is 0 Å². The van der Waals surface area contributed by atoms with Crippen LogP contribution in [0.3, 0.4) is 0 Å². The van der Waals surface area contributed by atoms with Crippen molar-refractivity contribution >= 4 is 114 Å². The minimum Gasteiger partial charge on any atom is -0.355 e. The molecule has 2 aliphatic rings. The number of rotatable bonds is 3. The summed E-state index contributed by atoms with van der Waals surface area (Å²) in [6.45, 7) is 18.6. The molecule has 1 N–H and O–H groups in total. The molecule has 0 spiro atoms. The molecule has 0 saturated carbocycles. The van der Waals surface area contributed by atoms with Gasteiger partial charge in [0.15, 0.2) is 7.28 Å². The van der Waals surface area contributed by atoms with E-state index in [2.05, 4.69) is 205 Å². The number of nitrogens with zero attached hydrogens (tertiary/aromatic N) is 1. The summed E-state index contributed by atoms with van der Waals surface area (Å²) in [6.07, 6.45) is 0. The molecule has 8 aromatic carbocycles. The maximum Gasteiger partial charge on any atom is 0.198 e. The molecule has 3 aromatic heterocycles. The van der Waals surface area contributed by atoms with E-state index in [4.69, 9.17) is 0 Å². The fourth-order valence-electron chi connectivity index (χ4n) is 11.3. The minimum absolute atomic E-state index is 0.0595. The Hall–Kier alpha value is -6.14. The van der Waals surface area contributed by atoms with Crippen LogP contribution in [0.4, 0.5) is 11.4 Å². The molecule has 4 heterocycles. The van der Waals surface area contributed by atoms with Crippen molar-refractivity contribution in [2.75, 3.05) is 5.32 Å². The summed E-state index contributed by atoms with van der Waals surface area (Å²) < 4.78 is 7.98. The first kappa shape index (κ1) is 38.3. The van der Waals surface area contributed by atoms with Gasteiger partial charge in [0.2, 0.25) is 0 Å². The predicted molar refractivity (Wildman–Crippen MR) is 283 cm³/mol. The molecule has 0 atom stereocenters. The zero-order valence-corrected chi connectivity index (χ0v) is 39.4. The van der Waals surface area contributed by atoms with Crippen molar-refractivity contribution in [2.24, 2.45) is 0 Å². The predicted octanol–water partition coefficient (Wildman–Crippen LogP) is 15.5. The first-order valence-corrected chi connectivity index (χ1v) is 24.4. The number of hydrogen-bond acceptors (Lipinski definition) is 3. The summed E-state index contributed by atoms with van der Waals surface area (Å²) in [5.74, 6) is 0. The third-order valence-corrected chi connectivity index (χ3v) is 17.0. The Morgan fingerprint density at radius 3 is 2.02 bits per heavy atom. The molecular formula is C59H49BN2S2. The van der Waals surface area contributed by atoms with Crippen LogP contribution < -0.4 is 16.2 Å². The lowest BCUT2D eigenvalue weighted by Gasteiger charge is -2.24. The second-order valence-corrected chi connectivity index (χ2v) is 23.2. The third-order valence-electron chi connectivity index (χ3n) is 14.7. The molecule has 13 rings (SSSR count). The van der Waals surface area contributed by atoms with E-state index in [1.807, 2.05) is 22.7 Å². The van der Waals surface area contributed by atoms with Crippen molar-refractivity contribution in [1.29, 1.82) is 0 Å². The monoisotopic (exact) mass is 860 g/mol. The van der Waals surface area contributed by atoms with Crippen LogP contribution in [0.15, 0.2) is 140 Å². The number of fused-ring (bicyclic) bond motifs is 15. The summed E-state index contributed by atoms with van der Waals surface area (Å²) in [5.41, 5.74) is 19.8. The van der Waals surface area contributed by atoms with Crippen LogP contribution in [0.25, 0.3) is 90.1 Å². The van der Waals surface area contributed by atoms with Crippen molar-refractivity contribution < 1.29 is 0 Å². The van der Waals surface area contributed by atoms with Crippen LogP contribution in [0.1, 0.15) is 77.6 Å². The van der Waals surface area contributed by atoms with Crippen LogP contribution in [-0.4, -0.2) is 11.8 Å². The maximum absolute atomic E-state index is 4.01. The highest BCUT2D eigenvalue weighted by molar-refractivity contribution is 7.26. The van der Waals surface area contributed by atoms with E-state index >= 15 is 0 Å². The van der Waals surface area contributed by atoms with Crippen LogP contribution in [0.2, 0.25) is 0 Å². The molecule has 0 bridgehead atoms. The third kappa shape index (κ3) is 5.38. The van der Waals surface area contributed by atoms with Crippen molar-refractivity contribution in [3.05, 3.63) is 162 Å². The van der Waals surface area contributed by atoms with E-state index in [0.717, 1.165) is 18.7 Å². The molecule has 11 aromatic rings. The van der Waals surface area contributed by atoms with Gasteiger partial charge in [-0.15, -0.1) is 22.7 Å². The SMILES string of the molecule is CC(C)(C)c1ccc(Nc2cc3c(cc2-c2ccc4c5c6c(ccc5n5c4c2Bc2cc4c(cc2-5)sc2ccccc24)C(C)(C)c2ccccc2-6)sc2ccc(C(C)(C)C)cc23)cc1. The standard InChI is InChI=1S/C59H49BN2S2/c1-57(2,3)32-17-20-34(21-18-32)61-46-29-42-40-27-33(58(4,5)6)19-26-50(40)64-51(42)30-39(46)36-22-23-38-54-47(25-24-44-53(54)37-14-9-11-15-43(37)59(44,7)8)62-48-31-52-41(28-45(48)60-55(36)56(38)62)35-13-10-12-16-49(35)63-52/h9-31,60-61H,1-8H3. The second kappa shape index (κ2) is 13.0. The molecule has 2 nitrogen and oxygen atoms in total. The fourth-order valence-corrected chi connectivity index (χ4v) is 13.5. The average molecular weight is 861 g/mol. The summed E-state index contributed by atoms with van der Waals surface area (Å²) in [5, 5.41) is 12.1. The van der Waals surface area contributed by atoms with Crippen molar-refractivity contribution in [3.8, 4) is 27.9 Å². The van der Waals surface area contributed by atoms with Gasteiger partial charge in [-0.05, 0) is 115 Å². The summed E-state index contributed by atoms with van der Waals surface area (Å²) >= 11 is 3.83. The molecule has 1 aliphatic heterocycles. The molecule has 5 heteroatoms. The normalized spacial score (nSPS) is 14.2. The number of hydrogen-bond donors (Lipinski definition) is 1. The van der Waals surface area contributed by atoms with E-state index in [-0.39, 0.29) is 16.2 Å². The molecule has 310 valence electrons. The number of benzene rings is 8. The van der Waals surface area contributed by atoms with E-state index in [1.54, 1.807) is 0 Å². The molecule has 0 unspecified atom stereocenters. The average Bonchev–Trinajstić information content (AvgIpc) is 3.99. The van der Waals surface area contributed by atoms with Crippen LogP contribution in [0.5, 0.6) is 0 Å². The Morgan fingerprint density at radius 1 is 0.531 bits per heavy atom. The van der Waals surface area contributed by atoms with Crippen LogP contribution >= 0.6 is 22.7 Å². The molecule has 0 saturated heterocycles. The molecule has 1 aliphatic carbocycles. The lowest BCUT2D eigenvalue weighted by atomic mass is 9.59. The highest BCUT2D eigenvalue weighted by Crippen LogP contribution is 2.54. The molecule has 0 radical (unpaired) electrons. The smallest absolute Gasteiger partial charge is 0.198 e. The van der Waals surface area contributed by atoms with Gasteiger partial charge < -0.3 is 9.88 Å². The number of thiophene rings is 2. The largest absolute Gasteiger partial charge is 0.355 e. The topological polar surface area (TPSA) is 17.0 Å². The summed E-state index contributed by atoms with van der Waals surface area (Å²) in [6, 6.07) is 54.0. The first-order valence-electron chi connectivity index (χ1n) is 22.8. The Morgan fingerprint density at radius 2 is 1.22 bits per heavy atom. The first-order chi connectivity index (χ1) is 30.7. The van der Waals surface area contributed by atoms with Crippen molar-refractivity contribution in [2.45, 2.75) is 71.6 Å². The Labute approximate surface area is 383 Å². The molecule has 0 amide bonds. The summed E-state index contributed by atoms with van der Waals surface area (Å²) in [7, 11) is 0.849. The molecule has 64 heavy (non-hydrogen) atoms. The molecule has 0 fully saturated rings. The minimum atomic E-state index is -0.0857. The van der Waals surface area contributed by atoms with Crippen LogP contribution in [0, 0.1) is 0 Å². The van der Waals surface area contributed by atoms with Gasteiger partial charge in [-0.1, -0.05) is 146 Å². The van der Waals surface area contributed by atoms with E-state index in [9.17, 15) is 0 Å². The lowest BCUT2D eigenvalue weighted by Crippen LogP contribution is -2.37. The van der Waals surface area contributed by atoms with Gasteiger partial charge in [-0.2, -0.15) is 0 Å². The van der Waals surface area contributed by atoms with Gasteiger partial charge in [-0.3, -0.25) is 0 Å². The lowest BCUT2D eigenvalue weighted by molar-refractivity contribution is 0.590. The molecular weight excluding hydrogens is 812 g/mol. The zero-order valence-electron chi connectivity index (χ0n) is 37.7. The highest BCUT2D eigenvalue weighted by Gasteiger charge is 2.38. The van der Waals surface area contributed by atoms with Gasteiger partial charge in [0.25, 0.3) is 0 Å². The van der Waals surface area contributed by atoms with Gasteiger partial charge >= 0.3 is 0 Å². The quantitative estimate of drug-likeness (QED) is 0.175. The van der Waals surface area contributed by atoms with Crippen LogP contribution in [-0.2, 0) is 16.2 Å². The van der Waals surface area contributed by atoms with Gasteiger partial charge in [-0.25, -0.2) is 0 Å². The van der Waals surface area contributed by atoms with E-state index in [1.165, 1.54) is 123 Å². The fraction of sp³-hybridized carbons (Fsp3) is 0.186. The zero-order chi connectivity index (χ0) is 43.6. The Kier molecular flexibility index (Phi) is 7.78. The second-order valence-electron chi connectivity index (χ2n) is 21.0. The number of nitrogens with one attached hydrogen (secondary N) is 1.